The Morgan fingerprint density at radius 2 is 1.46 bits per heavy atom. The largest absolute Gasteiger partial charge is 0.465 e. The molecule has 4 heteroatoms. The van der Waals surface area contributed by atoms with E-state index >= 15 is 0 Å². The third kappa shape index (κ3) is 2.56. The zero-order chi connectivity index (χ0) is 17.3. The second-order valence-corrected chi connectivity index (χ2v) is 6.33. The molecule has 4 aromatic rings. The maximum Gasteiger partial charge on any atom is 0.238 e. The van der Waals surface area contributed by atoms with Crippen molar-refractivity contribution >= 4 is 11.5 Å². The van der Waals surface area contributed by atoms with Crippen molar-refractivity contribution in [2.45, 2.75) is 12.1 Å². The Labute approximate surface area is 151 Å². The van der Waals surface area contributed by atoms with Gasteiger partial charge in [-0.2, -0.15) is 0 Å². The van der Waals surface area contributed by atoms with Gasteiger partial charge in [0.25, 0.3) is 0 Å². The molecule has 0 radical (unpaired) electrons. The molecular formula is C22H17N3O. The van der Waals surface area contributed by atoms with Crippen LogP contribution in [0.5, 0.6) is 0 Å². The van der Waals surface area contributed by atoms with Gasteiger partial charge in [0.15, 0.2) is 6.10 Å². The van der Waals surface area contributed by atoms with E-state index in [1.807, 2.05) is 71.4 Å². The van der Waals surface area contributed by atoms with Gasteiger partial charge in [0.2, 0.25) is 5.90 Å². The van der Waals surface area contributed by atoms with E-state index in [1.54, 1.807) is 0 Å². The van der Waals surface area contributed by atoms with Crippen molar-refractivity contribution < 1.29 is 4.74 Å². The van der Waals surface area contributed by atoms with Gasteiger partial charge in [-0.15, -0.1) is 0 Å². The molecule has 0 fully saturated rings. The van der Waals surface area contributed by atoms with E-state index < -0.39 is 0 Å². The summed E-state index contributed by atoms with van der Waals surface area (Å²) in [6.07, 6.45) is 3.78. The van der Waals surface area contributed by atoms with Crippen LogP contribution in [0.2, 0.25) is 0 Å². The molecule has 2 atom stereocenters. The van der Waals surface area contributed by atoms with Crippen LogP contribution < -0.4 is 0 Å². The molecule has 0 amide bonds. The molecule has 3 heterocycles. The van der Waals surface area contributed by atoms with E-state index in [-0.39, 0.29) is 12.1 Å². The molecule has 1 aliphatic heterocycles. The molecule has 1 aliphatic rings. The molecule has 0 aliphatic carbocycles. The normalized spacial score (nSPS) is 19.3. The number of rotatable bonds is 3. The van der Waals surface area contributed by atoms with E-state index in [9.17, 15) is 0 Å². The lowest BCUT2D eigenvalue weighted by molar-refractivity contribution is 0.196. The highest BCUT2D eigenvalue weighted by atomic mass is 16.5. The van der Waals surface area contributed by atoms with E-state index in [2.05, 4.69) is 29.2 Å². The van der Waals surface area contributed by atoms with Gasteiger partial charge in [0, 0.05) is 12.4 Å². The van der Waals surface area contributed by atoms with Crippen LogP contribution in [-0.2, 0) is 4.74 Å². The standard InChI is InChI=1S/C22H17N3O/c1-3-9-16(10-4-1)20-21(17-11-5-2-6-12-17)26-22(24-20)18-15-25-14-8-7-13-19(25)23-18/h1-15,20-21H. The summed E-state index contributed by atoms with van der Waals surface area (Å²) in [7, 11) is 0. The van der Waals surface area contributed by atoms with Crippen LogP contribution in [0.25, 0.3) is 5.65 Å². The third-order valence-electron chi connectivity index (χ3n) is 4.63. The topological polar surface area (TPSA) is 38.9 Å². The number of imidazole rings is 1. The van der Waals surface area contributed by atoms with Gasteiger partial charge in [-0.25, -0.2) is 9.98 Å². The van der Waals surface area contributed by atoms with Crippen molar-refractivity contribution in [1.82, 2.24) is 9.38 Å². The zero-order valence-corrected chi connectivity index (χ0v) is 14.1. The van der Waals surface area contributed by atoms with Crippen molar-refractivity contribution in [2.24, 2.45) is 4.99 Å². The van der Waals surface area contributed by atoms with Crippen molar-refractivity contribution in [3.05, 3.63) is 108 Å². The van der Waals surface area contributed by atoms with Gasteiger partial charge in [-0.05, 0) is 23.3 Å². The Kier molecular flexibility index (Phi) is 3.53. The summed E-state index contributed by atoms with van der Waals surface area (Å²) >= 11 is 0. The Morgan fingerprint density at radius 3 is 2.19 bits per heavy atom. The third-order valence-corrected chi connectivity index (χ3v) is 4.63. The highest BCUT2D eigenvalue weighted by Crippen LogP contribution is 2.40. The van der Waals surface area contributed by atoms with Crippen LogP contribution in [0.3, 0.4) is 0 Å². The Morgan fingerprint density at radius 1 is 0.769 bits per heavy atom. The second-order valence-electron chi connectivity index (χ2n) is 6.33. The minimum absolute atomic E-state index is 0.0848. The first kappa shape index (κ1) is 14.9. The number of hydrogen-bond donors (Lipinski definition) is 0. The Hall–Kier alpha value is -3.40. The number of pyridine rings is 1. The van der Waals surface area contributed by atoms with Crippen LogP contribution in [0, 0.1) is 0 Å². The Bertz CT molecular complexity index is 1040. The molecule has 2 aromatic carbocycles. The van der Waals surface area contributed by atoms with Gasteiger partial charge >= 0.3 is 0 Å². The molecule has 0 N–H and O–H groups in total. The van der Waals surface area contributed by atoms with E-state index in [0.29, 0.717) is 5.90 Å². The molecular weight excluding hydrogens is 322 g/mol. The summed E-state index contributed by atoms with van der Waals surface area (Å²) in [5, 5.41) is 0. The molecule has 5 rings (SSSR count). The fourth-order valence-corrected chi connectivity index (χ4v) is 3.37. The number of aliphatic imine (C=N–C) groups is 1. The van der Waals surface area contributed by atoms with Crippen molar-refractivity contribution in [3.63, 3.8) is 0 Å². The fraction of sp³-hybridized carbons (Fsp3) is 0.0909. The predicted octanol–water partition coefficient (Wildman–Crippen LogP) is 4.59. The SMILES string of the molecule is c1ccc(C2N=C(c3cn4ccccc4n3)OC2c2ccccc2)cc1. The number of benzene rings is 2. The summed E-state index contributed by atoms with van der Waals surface area (Å²) in [6.45, 7) is 0. The maximum atomic E-state index is 6.30. The van der Waals surface area contributed by atoms with Crippen LogP contribution in [-0.4, -0.2) is 15.3 Å². The van der Waals surface area contributed by atoms with Gasteiger partial charge in [0.05, 0.1) is 0 Å². The first-order chi connectivity index (χ1) is 12.9. The highest BCUT2D eigenvalue weighted by Gasteiger charge is 2.34. The molecule has 126 valence electrons. The zero-order valence-electron chi connectivity index (χ0n) is 14.1. The number of nitrogens with zero attached hydrogens (tertiary/aromatic N) is 3. The maximum absolute atomic E-state index is 6.30. The average Bonchev–Trinajstić information content (AvgIpc) is 3.34. The van der Waals surface area contributed by atoms with E-state index in [1.165, 1.54) is 0 Å². The summed E-state index contributed by atoms with van der Waals surface area (Å²) in [4.78, 5) is 9.56. The lowest BCUT2D eigenvalue weighted by Crippen LogP contribution is -2.09. The molecule has 0 bridgehead atoms. The van der Waals surface area contributed by atoms with Crippen LogP contribution in [0.4, 0.5) is 0 Å². The van der Waals surface area contributed by atoms with Gasteiger partial charge in [0.1, 0.15) is 17.4 Å². The van der Waals surface area contributed by atoms with Crippen molar-refractivity contribution in [2.75, 3.05) is 0 Å². The van der Waals surface area contributed by atoms with Crippen LogP contribution >= 0.6 is 0 Å². The summed E-state index contributed by atoms with van der Waals surface area (Å²) < 4.78 is 8.29. The van der Waals surface area contributed by atoms with Gasteiger partial charge < -0.3 is 9.14 Å². The first-order valence-electron chi connectivity index (χ1n) is 8.67. The number of fused-ring (bicyclic) bond motifs is 1. The van der Waals surface area contributed by atoms with E-state index in [0.717, 1.165) is 22.5 Å². The number of aromatic nitrogens is 2. The minimum atomic E-state index is -0.154. The smallest absolute Gasteiger partial charge is 0.238 e. The highest BCUT2D eigenvalue weighted by molar-refractivity contribution is 5.94. The summed E-state index contributed by atoms with van der Waals surface area (Å²) in [5.74, 6) is 0.594. The first-order valence-corrected chi connectivity index (χ1v) is 8.67. The molecule has 0 saturated heterocycles. The lowest BCUT2D eigenvalue weighted by atomic mass is 9.97. The molecule has 2 unspecified atom stereocenters. The quantitative estimate of drug-likeness (QED) is 0.547. The van der Waals surface area contributed by atoms with Crippen LogP contribution in [0.1, 0.15) is 29.0 Å². The van der Waals surface area contributed by atoms with Crippen molar-refractivity contribution in [3.8, 4) is 0 Å². The fourth-order valence-electron chi connectivity index (χ4n) is 3.37. The van der Waals surface area contributed by atoms with Crippen LogP contribution in [0.15, 0.2) is 96.2 Å². The molecule has 26 heavy (non-hydrogen) atoms. The summed E-state index contributed by atoms with van der Waals surface area (Å²) in [5.41, 5.74) is 3.90. The molecule has 0 spiro atoms. The average molecular weight is 339 g/mol. The number of hydrogen-bond acceptors (Lipinski definition) is 3. The van der Waals surface area contributed by atoms with E-state index in [4.69, 9.17) is 9.73 Å². The molecule has 4 nitrogen and oxygen atoms in total. The predicted molar refractivity (Wildman–Crippen MR) is 101 cm³/mol. The monoisotopic (exact) mass is 339 g/mol. The number of ether oxygens (including phenoxy) is 1. The van der Waals surface area contributed by atoms with Gasteiger partial charge in [-0.3, -0.25) is 0 Å². The van der Waals surface area contributed by atoms with Gasteiger partial charge in [-0.1, -0.05) is 66.7 Å². The summed E-state index contributed by atoms with van der Waals surface area (Å²) in [6, 6.07) is 26.4. The molecule has 2 aromatic heterocycles. The lowest BCUT2D eigenvalue weighted by Gasteiger charge is -2.18. The van der Waals surface area contributed by atoms with Crippen molar-refractivity contribution in [1.29, 1.82) is 0 Å². The minimum Gasteiger partial charge on any atom is -0.465 e. The molecule has 0 saturated carbocycles. The Balaban J connectivity index is 1.58. The second kappa shape index (κ2) is 6.15.